The first kappa shape index (κ1) is 26.1. The Kier molecular flexibility index (Phi) is 9.56. The van der Waals surface area contributed by atoms with Crippen molar-refractivity contribution in [1.29, 1.82) is 0 Å². The van der Waals surface area contributed by atoms with Crippen molar-refractivity contribution in [1.82, 2.24) is 0 Å². The highest BCUT2D eigenvalue weighted by Crippen LogP contribution is 2.27. The molecule has 3 rings (SSSR count). The summed E-state index contributed by atoms with van der Waals surface area (Å²) in [5.41, 5.74) is 2.10. The topological polar surface area (TPSA) is 63.2 Å². The summed E-state index contributed by atoms with van der Waals surface area (Å²) in [4.78, 5) is 11.4. The van der Waals surface area contributed by atoms with Gasteiger partial charge in [-0.3, -0.25) is 0 Å². The Morgan fingerprint density at radius 2 is 1.43 bits per heavy atom. The van der Waals surface area contributed by atoms with Gasteiger partial charge in [-0.05, 0) is 73.5 Å². The maximum Gasteiger partial charge on any atom is 0.344 e. The molecule has 6 nitrogen and oxygen atoms in total. The van der Waals surface area contributed by atoms with Gasteiger partial charge in [0, 0.05) is 5.41 Å². The first-order valence-electron chi connectivity index (χ1n) is 11.9. The molecule has 3 aromatic carbocycles. The second-order valence-corrected chi connectivity index (χ2v) is 8.65. The summed E-state index contributed by atoms with van der Waals surface area (Å²) in [6.45, 7) is 10.0. The molecule has 0 N–H and O–H groups in total. The monoisotopic (exact) mass is 478 g/mol. The predicted octanol–water partition coefficient (Wildman–Crippen LogP) is 6.31. The van der Waals surface area contributed by atoms with E-state index in [0.29, 0.717) is 37.9 Å². The van der Waals surface area contributed by atoms with E-state index in [4.69, 9.17) is 23.7 Å². The average Bonchev–Trinajstić information content (AvgIpc) is 2.85. The van der Waals surface area contributed by atoms with Crippen LogP contribution in [-0.4, -0.2) is 32.4 Å². The summed E-state index contributed by atoms with van der Waals surface area (Å²) in [6.07, 6.45) is 0. The minimum Gasteiger partial charge on any atom is -0.494 e. The van der Waals surface area contributed by atoms with Gasteiger partial charge in [-0.1, -0.05) is 38.1 Å². The van der Waals surface area contributed by atoms with Crippen LogP contribution in [0.3, 0.4) is 0 Å². The summed E-state index contributed by atoms with van der Waals surface area (Å²) in [5, 5.41) is 0. The maximum absolute atomic E-state index is 11.4. The number of benzene rings is 3. The summed E-state index contributed by atoms with van der Waals surface area (Å²) in [5.74, 6) is 2.45. The zero-order valence-electron chi connectivity index (χ0n) is 20.9. The quantitative estimate of drug-likeness (QED) is 0.268. The van der Waals surface area contributed by atoms with Gasteiger partial charge >= 0.3 is 5.97 Å². The Morgan fingerprint density at radius 1 is 0.771 bits per heavy atom. The molecule has 0 amide bonds. The number of hydrogen-bond donors (Lipinski definition) is 0. The van der Waals surface area contributed by atoms with Crippen molar-refractivity contribution in [3.8, 4) is 23.0 Å². The molecule has 0 unspecified atom stereocenters. The van der Waals surface area contributed by atoms with E-state index in [1.54, 1.807) is 31.2 Å². The van der Waals surface area contributed by atoms with Crippen LogP contribution in [0.5, 0.6) is 23.0 Å². The van der Waals surface area contributed by atoms with Crippen LogP contribution in [0.25, 0.3) is 0 Å². The molecule has 0 aliphatic heterocycles. The van der Waals surface area contributed by atoms with Crippen LogP contribution in [-0.2, 0) is 26.3 Å². The van der Waals surface area contributed by atoms with Gasteiger partial charge in [0.05, 0.1) is 26.4 Å². The molecule has 0 fully saturated rings. The largest absolute Gasteiger partial charge is 0.494 e. The van der Waals surface area contributed by atoms with E-state index < -0.39 is 5.97 Å². The van der Waals surface area contributed by atoms with Crippen molar-refractivity contribution in [2.24, 2.45) is 0 Å². The molecule has 0 saturated heterocycles. The van der Waals surface area contributed by atoms with Crippen molar-refractivity contribution in [2.45, 2.75) is 39.7 Å². The van der Waals surface area contributed by atoms with Gasteiger partial charge < -0.3 is 23.7 Å². The van der Waals surface area contributed by atoms with Gasteiger partial charge in [0.1, 0.15) is 23.0 Å². The highest BCUT2D eigenvalue weighted by molar-refractivity contribution is 5.71. The molecule has 35 heavy (non-hydrogen) atoms. The minimum absolute atomic E-state index is 0.120. The maximum atomic E-state index is 11.4. The molecule has 0 bridgehead atoms. The Labute approximate surface area is 207 Å². The fraction of sp³-hybridized carbons (Fsp3) is 0.345. The molecule has 0 spiro atoms. The van der Waals surface area contributed by atoms with Crippen LogP contribution < -0.4 is 14.2 Å². The van der Waals surface area contributed by atoms with Crippen LogP contribution in [0.4, 0.5) is 0 Å². The van der Waals surface area contributed by atoms with Crippen LogP contribution >= 0.6 is 0 Å². The van der Waals surface area contributed by atoms with Gasteiger partial charge in [-0.2, -0.15) is 0 Å². The Balaban J connectivity index is 1.50. The second kappa shape index (κ2) is 12.8. The van der Waals surface area contributed by atoms with E-state index in [9.17, 15) is 4.79 Å². The fourth-order valence-electron chi connectivity index (χ4n) is 3.46. The van der Waals surface area contributed by atoms with E-state index in [2.05, 4.69) is 26.0 Å². The molecular weight excluding hydrogens is 444 g/mol. The normalized spacial score (nSPS) is 11.1. The minimum atomic E-state index is -0.394. The van der Waals surface area contributed by atoms with Crippen molar-refractivity contribution in [3.63, 3.8) is 0 Å². The van der Waals surface area contributed by atoms with Crippen molar-refractivity contribution < 1.29 is 28.5 Å². The predicted molar refractivity (Wildman–Crippen MR) is 135 cm³/mol. The standard InChI is InChI=1S/C29H34O6/c1-5-32-24-12-10-23(11-13-24)29(3,4)21-31-19-22-8-7-9-27(18-22)35-26-16-14-25(15-17-26)34-20-28(30)33-6-2/h7-18H,5-6,19-21H2,1-4H3. The summed E-state index contributed by atoms with van der Waals surface area (Å²) < 4.78 is 27.8. The van der Waals surface area contributed by atoms with Crippen LogP contribution in [0.2, 0.25) is 0 Å². The van der Waals surface area contributed by atoms with Crippen LogP contribution in [0.15, 0.2) is 72.8 Å². The molecule has 0 heterocycles. The smallest absolute Gasteiger partial charge is 0.344 e. The molecule has 0 radical (unpaired) electrons. The SMILES string of the molecule is CCOC(=O)COc1ccc(Oc2cccc(COCC(C)(C)c3ccc(OCC)cc3)c2)cc1. The Hall–Kier alpha value is -3.51. The van der Waals surface area contributed by atoms with E-state index in [1.165, 1.54) is 5.56 Å². The lowest BCUT2D eigenvalue weighted by Gasteiger charge is -2.25. The number of carbonyl (C=O) groups excluding carboxylic acids is 1. The molecule has 0 atom stereocenters. The van der Waals surface area contributed by atoms with Gasteiger partial charge in [0.25, 0.3) is 0 Å². The average molecular weight is 479 g/mol. The van der Waals surface area contributed by atoms with Crippen LogP contribution in [0, 0.1) is 0 Å². The molecule has 3 aromatic rings. The lowest BCUT2D eigenvalue weighted by atomic mass is 9.85. The third-order valence-corrected chi connectivity index (χ3v) is 5.30. The lowest BCUT2D eigenvalue weighted by Crippen LogP contribution is -2.24. The first-order chi connectivity index (χ1) is 16.9. The molecule has 0 aliphatic rings. The van der Waals surface area contributed by atoms with Gasteiger partial charge in [0.2, 0.25) is 0 Å². The molecular formula is C29H34O6. The van der Waals surface area contributed by atoms with Gasteiger partial charge in [-0.15, -0.1) is 0 Å². The zero-order chi connectivity index (χ0) is 25.1. The third-order valence-electron chi connectivity index (χ3n) is 5.30. The van der Waals surface area contributed by atoms with Crippen molar-refractivity contribution in [2.75, 3.05) is 26.4 Å². The number of rotatable bonds is 13. The second-order valence-electron chi connectivity index (χ2n) is 8.65. The van der Waals surface area contributed by atoms with Gasteiger partial charge in [0.15, 0.2) is 6.61 Å². The molecule has 6 heteroatoms. The summed E-state index contributed by atoms with van der Waals surface area (Å²) in [6, 6.07) is 23.1. The van der Waals surface area contributed by atoms with E-state index >= 15 is 0 Å². The van der Waals surface area contributed by atoms with E-state index in [0.717, 1.165) is 17.1 Å². The number of hydrogen-bond acceptors (Lipinski definition) is 6. The number of ether oxygens (including phenoxy) is 5. The third kappa shape index (κ3) is 8.34. The van der Waals surface area contributed by atoms with Gasteiger partial charge in [-0.25, -0.2) is 4.79 Å². The van der Waals surface area contributed by atoms with Crippen LogP contribution in [0.1, 0.15) is 38.8 Å². The fourth-order valence-corrected chi connectivity index (χ4v) is 3.46. The molecule has 0 aromatic heterocycles. The Bertz CT molecular complexity index is 1060. The highest BCUT2D eigenvalue weighted by atomic mass is 16.6. The number of esters is 1. The molecule has 0 saturated carbocycles. The zero-order valence-corrected chi connectivity index (χ0v) is 20.9. The highest BCUT2D eigenvalue weighted by Gasteiger charge is 2.21. The number of carbonyl (C=O) groups is 1. The molecule has 186 valence electrons. The van der Waals surface area contributed by atoms with E-state index in [1.807, 2.05) is 43.3 Å². The summed E-state index contributed by atoms with van der Waals surface area (Å²) >= 11 is 0. The van der Waals surface area contributed by atoms with Crippen molar-refractivity contribution in [3.05, 3.63) is 83.9 Å². The van der Waals surface area contributed by atoms with Crippen molar-refractivity contribution >= 4 is 5.97 Å². The summed E-state index contributed by atoms with van der Waals surface area (Å²) in [7, 11) is 0. The lowest BCUT2D eigenvalue weighted by molar-refractivity contribution is -0.145. The van der Waals surface area contributed by atoms with E-state index in [-0.39, 0.29) is 12.0 Å². The Morgan fingerprint density at radius 3 is 2.11 bits per heavy atom. The first-order valence-corrected chi connectivity index (χ1v) is 11.9. The molecule has 0 aliphatic carbocycles.